The molecule has 0 atom stereocenters. The lowest BCUT2D eigenvalue weighted by Crippen LogP contribution is -2.27. The van der Waals surface area contributed by atoms with E-state index in [2.05, 4.69) is 15.3 Å². The van der Waals surface area contributed by atoms with Crippen molar-refractivity contribution in [3.63, 3.8) is 0 Å². The molecule has 0 radical (unpaired) electrons. The predicted molar refractivity (Wildman–Crippen MR) is 69.2 cm³/mol. The molecule has 102 valence electrons. The fourth-order valence-electron chi connectivity index (χ4n) is 0.953. The maximum absolute atomic E-state index is 11.4. The SMILES string of the molecule is CC.CC(C)(C)OC(=O)Nc1ccnc(CO)n1. The van der Waals surface area contributed by atoms with Gasteiger partial charge in [-0.15, -0.1) is 0 Å². The Morgan fingerprint density at radius 1 is 1.44 bits per heavy atom. The molecule has 0 aromatic carbocycles. The highest BCUT2D eigenvalue weighted by atomic mass is 16.6. The first-order chi connectivity index (χ1) is 8.40. The van der Waals surface area contributed by atoms with Gasteiger partial charge in [-0.25, -0.2) is 14.8 Å². The number of aliphatic hydroxyl groups is 1. The average Bonchev–Trinajstić information content (AvgIpc) is 2.29. The van der Waals surface area contributed by atoms with Crippen LogP contribution in [0.3, 0.4) is 0 Å². The Labute approximate surface area is 107 Å². The fourth-order valence-corrected chi connectivity index (χ4v) is 0.953. The van der Waals surface area contributed by atoms with E-state index in [1.807, 2.05) is 13.8 Å². The molecule has 2 N–H and O–H groups in total. The van der Waals surface area contributed by atoms with Crippen LogP contribution < -0.4 is 5.32 Å². The van der Waals surface area contributed by atoms with Gasteiger partial charge in [0.05, 0.1) is 0 Å². The second-order valence-electron chi connectivity index (χ2n) is 4.14. The van der Waals surface area contributed by atoms with E-state index in [4.69, 9.17) is 9.84 Å². The topological polar surface area (TPSA) is 84.3 Å². The summed E-state index contributed by atoms with van der Waals surface area (Å²) >= 11 is 0. The van der Waals surface area contributed by atoms with Gasteiger partial charge >= 0.3 is 6.09 Å². The molecule has 0 saturated carbocycles. The van der Waals surface area contributed by atoms with E-state index >= 15 is 0 Å². The molecule has 0 unspecified atom stereocenters. The number of carbonyl (C=O) groups is 1. The van der Waals surface area contributed by atoms with Crippen molar-refractivity contribution in [2.24, 2.45) is 0 Å². The van der Waals surface area contributed by atoms with Crippen molar-refractivity contribution in [3.8, 4) is 0 Å². The Balaban J connectivity index is 0.00000137. The molecule has 0 saturated heterocycles. The van der Waals surface area contributed by atoms with Gasteiger partial charge in [-0.3, -0.25) is 5.32 Å². The van der Waals surface area contributed by atoms with Gasteiger partial charge in [0.25, 0.3) is 0 Å². The molecule has 0 fully saturated rings. The van der Waals surface area contributed by atoms with Crippen LogP contribution in [0.2, 0.25) is 0 Å². The number of hydrogen-bond donors (Lipinski definition) is 2. The Bertz CT molecular complexity index is 375. The van der Waals surface area contributed by atoms with E-state index in [1.54, 1.807) is 20.8 Å². The molecule has 1 heterocycles. The standard InChI is InChI=1S/C10H15N3O3.C2H6/c1-10(2,3)16-9(15)13-7-4-5-11-8(6-14)12-7;1-2/h4-5,14H,6H2,1-3H3,(H,11,12,13,15);1-2H3. The molecule has 6 nitrogen and oxygen atoms in total. The number of hydrogen-bond acceptors (Lipinski definition) is 5. The molecule has 0 aliphatic carbocycles. The molecule has 18 heavy (non-hydrogen) atoms. The number of carbonyl (C=O) groups excluding carboxylic acids is 1. The zero-order valence-corrected chi connectivity index (χ0v) is 11.5. The van der Waals surface area contributed by atoms with Crippen LogP contribution in [0.5, 0.6) is 0 Å². The monoisotopic (exact) mass is 255 g/mol. The summed E-state index contributed by atoms with van der Waals surface area (Å²) in [5.41, 5.74) is -0.559. The van der Waals surface area contributed by atoms with Crippen molar-refractivity contribution in [1.82, 2.24) is 9.97 Å². The first-order valence-electron chi connectivity index (χ1n) is 5.83. The minimum atomic E-state index is -0.588. The zero-order valence-electron chi connectivity index (χ0n) is 11.5. The lowest BCUT2D eigenvalue weighted by molar-refractivity contribution is 0.0635. The largest absolute Gasteiger partial charge is 0.444 e. The summed E-state index contributed by atoms with van der Waals surface area (Å²) in [6, 6.07) is 1.52. The maximum atomic E-state index is 11.4. The molecular formula is C12H21N3O3. The van der Waals surface area contributed by atoms with Gasteiger partial charge in [0.2, 0.25) is 0 Å². The molecule has 1 rings (SSSR count). The smallest absolute Gasteiger partial charge is 0.413 e. The van der Waals surface area contributed by atoms with Crippen LogP contribution >= 0.6 is 0 Å². The minimum absolute atomic E-state index is 0.244. The molecule has 6 heteroatoms. The number of ether oxygens (including phenoxy) is 1. The molecule has 0 spiro atoms. The fraction of sp³-hybridized carbons (Fsp3) is 0.583. The van der Waals surface area contributed by atoms with E-state index < -0.39 is 11.7 Å². The zero-order chi connectivity index (χ0) is 14.2. The van der Waals surface area contributed by atoms with Crippen LogP contribution in [0.15, 0.2) is 12.3 Å². The number of rotatable bonds is 2. The van der Waals surface area contributed by atoms with Gasteiger partial charge in [0.15, 0.2) is 5.82 Å². The Morgan fingerprint density at radius 2 is 2.06 bits per heavy atom. The third kappa shape index (κ3) is 6.80. The lowest BCUT2D eigenvalue weighted by atomic mass is 10.2. The van der Waals surface area contributed by atoms with Crippen molar-refractivity contribution in [2.45, 2.75) is 46.8 Å². The molecule has 1 aromatic heterocycles. The highest BCUT2D eigenvalue weighted by molar-refractivity contribution is 5.83. The average molecular weight is 255 g/mol. The second-order valence-corrected chi connectivity index (χ2v) is 4.14. The first kappa shape index (κ1) is 16.3. The molecule has 0 aliphatic rings. The summed E-state index contributed by atoms with van der Waals surface area (Å²) in [7, 11) is 0. The van der Waals surface area contributed by atoms with Gasteiger partial charge in [-0.2, -0.15) is 0 Å². The number of nitrogens with zero attached hydrogens (tertiary/aromatic N) is 2. The highest BCUT2D eigenvalue weighted by Gasteiger charge is 2.16. The van der Waals surface area contributed by atoms with E-state index in [-0.39, 0.29) is 12.4 Å². The van der Waals surface area contributed by atoms with Crippen molar-refractivity contribution in [3.05, 3.63) is 18.1 Å². The second kappa shape index (κ2) is 7.60. The molecular weight excluding hydrogens is 234 g/mol. The van der Waals surface area contributed by atoms with E-state index in [9.17, 15) is 4.79 Å². The minimum Gasteiger partial charge on any atom is -0.444 e. The number of aromatic nitrogens is 2. The van der Waals surface area contributed by atoms with Crippen molar-refractivity contribution >= 4 is 11.9 Å². The van der Waals surface area contributed by atoms with Crippen molar-refractivity contribution in [1.29, 1.82) is 0 Å². The van der Waals surface area contributed by atoms with Crippen LogP contribution in [-0.2, 0) is 11.3 Å². The Hall–Kier alpha value is -1.69. The highest BCUT2D eigenvalue weighted by Crippen LogP contribution is 2.09. The van der Waals surface area contributed by atoms with Gasteiger partial charge in [0, 0.05) is 6.20 Å². The normalized spacial score (nSPS) is 10.1. The van der Waals surface area contributed by atoms with Crippen LogP contribution in [0.1, 0.15) is 40.4 Å². The van der Waals surface area contributed by atoms with Gasteiger partial charge in [0.1, 0.15) is 18.0 Å². The van der Waals surface area contributed by atoms with Crippen LogP contribution in [0.4, 0.5) is 10.6 Å². The number of nitrogens with one attached hydrogen (secondary N) is 1. The summed E-state index contributed by atoms with van der Waals surface area (Å²) < 4.78 is 5.04. The quantitative estimate of drug-likeness (QED) is 0.847. The molecule has 0 bridgehead atoms. The summed E-state index contributed by atoms with van der Waals surface area (Å²) in [5.74, 6) is 0.543. The number of aliphatic hydroxyl groups excluding tert-OH is 1. The first-order valence-corrected chi connectivity index (χ1v) is 5.83. The van der Waals surface area contributed by atoms with E-state index in [0.717, 1.165) is 0 Å². The van der Waals surface area contributed by atoms with Crippen molar-refractivity contribution in [2.75, 3.05) is 5.32 Å². The van der Waals surface area contributed by atoms with Crippen LogP contribution in [0.25, 0.3) is 0 Å². The molecule has 1 amide bonds. The van der Waals surface area contributed by atoms with Gasteiger partial charge < -0.3 is 9.84 Å². The third-order valence-corrected chi connectivity index (χ3v) is 1.48. The maximum Gasteiger partial charge on any atom is 0.413 e. The Morgan fingerprint density at radius 3 is 2.56 bits per heavy atom. The number of anilines is 1. The van der Waals surface area contributed by atoms with Crippen molar-refractivity contribution < 1.29 is 14.6 Å². The summed E-state index contributed by atoms with van der Waals surface area (Å²) in [4.78, 5) is 19.0. The number of amides is 1. The third-order valence-electron chi connectivity index (χ3n) is 1.48. The van der Waals surface area contributed by atoms with Gasteiger partial charge in [-0.1, -0.05) is 13.8 Å². The van der Waals surface area contributed by atoms with Gasteiger partial charge in [-0.05, 0) is 26.8 Å². The summed E-state index contributed by atoms with van der Waals surface area (Å²) in [5, 5.41) is 11.3. The Kier molecular flexibility index (Phi) is 6.89. The van der Waals surface area contributed by atoms with E-state index in [1.165, 1.54) is 12.3 Å². The summed E-state index contributed by atoms with van der Waals surface area (Å²) in [6.45, 7) is 9.03. The predicted octanol–water partition coefficient (Wildman–Crippen LogP) is 2.34. The summed E-state index contributed by atoms with van der Waals surface area (Å²) in [6.07, 6.45) is 0.862. The lowest BCUT2D eigenvalue weighted by Gasteiger charge is -2.19. The van der Waals surface area contributed by atoms with Crippen LogP contribution in [-0.4, -0.2) is 26.8 Å². The molecule has 0 aliphatic heterocycles. The van der Waals surface area contributed by atoms with E-state index in [0.29, 0.717) is 5.82 Å². The van der Waals surface area contributed by atoms with Crippen LogP contribution in [0, 0.1) is 0 Å². The molecule has 1 aromatic rings.